The molecule has 3 N–H and O–H groups in total. The molecule has 4 aliphatic carbocycles. The van der Waals surface area contributed by atoms with E-state index in [1.807, 2.05) is 18.2 Å². The summed E-state index contributed by atoms with van der Waals surface area (Å²) in [5.41, 5.74) is 7.41. The summed E-state index contributed by atoms with van der Waals surface area (Å²) in [5.74, 6) is 2.89. The first kappa shape index (κ1) is 13.3. The Balaban J connectivity index is 1.44. The molecule has 1 aromatic rings. The van der Waals surface area contributed by atoms with Gasteiger partial charge >= 0.3 is 0 Å². The lowest BCUT2D eigenvalue weighted by Crippen LogP contribution is -2.59. The molecule has 0 atom stereocenters. The van der Waals surface area contributed by atoms with E-state index in [1.54, 1.807) is 6.07 Å². The van der Waals surface area contributed by atoms with Crippen molar-refractivity contribution in [3.63, 3.8) is 0 Å². The number of carbonyl (C=O) groups excluding carboxylic acids is 1. The second-order valence-corrected chi connectivity index (χ2v) is 7.60. The molecular formula is C18H24N2O. The third kappa shape index (κ3) is 2.48. The van der Waals surface area contributed by atoms with Gasteiger partial charge in [0.05, 0.1) is 6.54 Å². The molecule has 1 aromatic carbocycles. The summed E-state index contributed by atoms with van der Waals surface area (Å²) in [5, 5.41) is 3.65. The van der Waals surface area contributed by atoms with Gasteiger partial charge < -0.3 is 11.1 Å². The van der Waals surface area contributed by atoms with Crippen molar-refractivity contribution in [3.8, 4) is 0 Å². The van der Waals surface area contributed by atoms with E-state index in [2.05, 4.69) is 5.32 Å². The first-order valence-corrected chi connectivity index (χ1v) is 8.26. The van der Waals surface area contributed by atoms with Crippen LogP contribution in [0.2, 0.25) is 0 Å². The SMILES string of the molecule is Nc1cccc(C(=O)CNC23CC4CC(CC(C4)C2)C3)c1. The number of carbonyl (C=O) groups is 1. The average Bonchev–Trinajstić information content (AvgIpc) is 2.43. The molecule has 0 spiro atoms. The maximum Gasteiger partial charge on any atom is 0.176 e. The maximum atomic E-state index is 12.4. The molecule has 0 aliphatic heterocycles. The van der Waals surface area contributed by atoms with Crippen molar-refractivity contribution in [3.05, 3.63) is 29.8 Å². The predicted molar refractivity (Wildman–Crippen MR) is 84.1 cm³/mol. The molecule has 21 heavy (non-hydrogen) atoms. The molecule has 0 radical (unpaired) electrons. The van der Waals surface area contributed by atoms with Crippen LogP contribution < -0.4 is 11.1 Å². The van der Waals surface area contributed by atoms with Crippen molar-refractivity contribution < 1.29 is 4.79 Å². The zero-order valence-corrected chi connectivity index (χ0v) is 12.5. The Labute approximate surface area is 126 Å². The highest BCUT2D eigenvalue weighted by molar-refractivity contribution is 5.98. The molecule has 4 aliphatic rings. The Bertz CT molecular complexity index is 531. The van der Waals surface area contributed by atoms with Gasteiger partial charge in [-0.25, -0.2) is 0 Å². The van der Waals surface area contributed by atoms with Gasteiger partial charge in [0.1, 0.15) is 0 Å². The molecule has 4 fully saturated rings. The van der Waals surface area contributed by atoms with Crippen LogP contribution in [0.25, 0.3) is 0 Å². The number of hydrogen-bond acceptors (Lipinski definition) is 3. The van der Waals surface area contributed by atoms with E-state index in [0.29, 0.717) is 12.2 Å². The van der Waals surface area contributed by atoms with Gasteiger partial charge in [-0.2, -0.15) is 0 Å². The zero-order chi connectivity index (χ0) is 14.4. The van der Waals surface area contributed by atoms with Crippen LogP contribution in [0.15, 0.2) is 24.3 Å². The topological polar surface area (TPSA) is 55.1 Å². The fourth-order valence-corrected chi connectivity index (χ4v) is 5.41. The van der Waals surface area contributed by atoms with Crippen molar-refractivity contribution >= 4 is 11.5 Å². The Hall–Kier alpha value is -1.35. The summed E-state index contributed by atoms with van der Waals surface area (Å²) in [6.45, 7) is 0.454. The highest BCUT2D eigenvalue weighted by atomic mass is 16.1. The quantitative estimate of drug-likeness (QED) is 0.660. The second kappa shape index (κ2) is 4.84. The minimum atomic E-state index is 0.165. The fourth-order valence-electron chi connectivity index (χ4n) is 5.41. The summed E-state index contributed by atoms with van der Waals surface area (Å²) in [7, 11) is 0. The molecule has 4 saturated carbocycles. The van der Waals surface area contributed by atoms with Crippen molar-refractivity contribution in [2.24, 2.45) is 17.8 Å². The number of hydrogen-bond donors (Lipinski definition) is 2. The summed E-state index contributed by atoms with van der Waals surface area (Å²) in [6.07, 6.45) is 8.15. The zero-order valence-electron chi connectivity index (χ0n) is 12.5. The number of anilines is 1. The van der Waals surface area contributed by atoms with Crippen molar-refractivity contribution in [2.45, 2.75) is 44.1 Å². The lowest BCUT2D eigenvalue weighted by molar-refractivity contribution is -0.0186. The minimum Gasteiger partial charge on any atom is -0.399 e. The van der Waals surface area contributed by atoms with Crippen LogP contribution >= 0.6 is 0 Å². The third-order valence-electron chi connectivity index (χ3n) is 5.87. The number of benzene rings is 1. The van der Waals surface area contributed by atoms with Gasteiger partial charge in [-0.3, -0.25) is 4.79 Å². The number of rotatable bonds is 4. The molecule has 4 bridgehead atoms. The van der Waals surface area contributed by atoms with Crippen molar-refractivity contribution in [1.29, 1.82) is 0 Å². The van der Waals surface area contributed by atoms with E-state index in [4.69, 9.17) is 5.73 Å². The van der Waals surface area contributed by atoms with Crippen LogP contribution in [0.5, 0.6) is 0 Å². The Morgan fingerprint density at radius 1 is 1.14 bits per heavy atom. The number of Topliss-reactive ketones (excluding diaryl/α,β-unsaturated/α-hetero) is 1. The van der Waals surface area contributed by atoms with Crippen LogP contribution in [0.1, 0.15) is 48.9 Å². The summed E-state index contributed by atoms with van der Waals surface area (Å²) in [4.78, 5) is 12.4. The standard InChI is InChI=1S/C18H24N2O/c19-16-3-1-2-15(7-16)17(21)11-20-18-8-12-4-13(9-18)6-14(5-12)10-18/h1-3,7,12-14,20H,4-6,8-11,19H2. The lowest BCUT2D eigenvalue weighted by atomic mass is 9.53. The highest BCUT2D eigenvalue weighted by Gasteiger charge is 2.50. The molecule has 3 nitrogen and oxygen atoms in total. The molecule has 0 aromatic heterocycles. The van der Waals surface area contributed by atoms with Crippen LogP contribution in [-0.4, -0.2) is 17.9 Å². The van der Waals surface area contributed by atoms with Gasteiger partial charge in [-0.05, 0) is 68.4 Å². The molecular weight excluding hydrogens is 260 g/mol. The molecule has 0 unspecified atom stereocenters. The smallest absolute Gasteiger partial charge is 0.176 e. The first-order chi connectivity index (χ1) is 10.1. The number of nitrogens with one attached hydrogen (secondary N) is 1. The van der Waals surface area contributed by atoms with Gasteiger partial charge in [0.15, 0.2) is 5.78 Å². The maximum absolute atomic E-state index is 12.4. The normalized spacial score (nSPS) is 36.9. The summed E-state index contributed by atoms with van der Waals surface area (Å²) >= 11 is 0. The Kier molecular flexibility index (Phi) is 3.07. The summed E-state index contributed by atoms with van der Waals surface area (Å²) < 4.78 is 0. The van der Waals surface area contributed by atoms with E-state index >= 15 is 0 Å². The van der Waals surface area contributed by atoms with Crippen LogP contribution in [0, 0.1) is 17.8 Å². The van der Waals surface area contributed by atoms with Gasteiger partial charge in [-0.15, -0.1) is 0 Å². The van der Waals surface area contributed by atoms with E-state index < -0.39 is 0 Å². The second-order valence-electron chi connectivity index (χ2n) is 7.60. The predicted octanol–water partition coefficient (Wildman–Crippen LogP) is 3.01. The largest absolute Gasteiger partial charge is 0.399 e. The Morgan fingerprint density at radius 2 is 1.76 bits per heavy atom. The molecule has 112 valence electrons. The molecule has 0 amide bonds. The summed E-state index contributed by atoms with van der Waals surface area (Å²) in [6, 6.07) is 7.32. The number of nitrogens with two attached hydrogens (primary N) is 1. The van der Waals surface area contributed by atoms with Gasteiger partial charge in [0.2, 0.25) is 0 Å². The minimum absolute atomic E-state index is 0.165. The lowest BCUT2D eigenvalue weighted by Gasteiger charge is -2.57. The monoisotopic (exact) mass is 284 g/mol. The van der Waals surface area contributed by atoms with E-state index in [9.17, 15) is 4.79 Å². The van der Waals surface area contributed by atoms with Gasteiger partial charge in [0.25, 0.3) is 0 Å². The fraction of sp³-hybridized carbons (Fsp3) is 0.611. The van der Waals surface area contributed by atoms with E-state index in [1.165, 1.54) is 38.5 Å². The Morgan fingerprint density at radius 3 is 2.33 bits per heavy atom. The van der Waals surface area contributed by atoms with E-state index in [-0.39, 0.29) is 11.3 Å². The van der Waals surface area contributed by atoms with Crippen LogP contribution in [0.4, 0.5) is 5.69 Å². The number of ketones is 1. The first-order valence-electron chi connectivity index (χ1n) is 8.26. The van der Waals surface area contributed by atoms with Crippen LogP contribution in [-0.2, 0) is 0 Å². The van der Waals surface area contributed by atoms with Crippen molar-refractivity contribution in [2.75, 3.05) is 12.3 Å². The van der Waals surface area contributed by atoms with E-state index in [0.717, 1.165) is 23.3 Å². The molecule has 5 rings (SSSR count). The third-order valence-corrected chi connectivity index (χ3v) is 5.87. The van der Waals surface area contributed by atoms with Gasteiger partial charge in [0, 0.05) is 16.8 Å². The molecule has 0 saturated heterocycles. The van der Waals surface area contributed by atoms with Crippen molar-refractivity contribution in [1.82, 2.24) is 5.32 Å². The van der Waals surface area contributed by atoms with Gasteiger partial charge in [-0.1, -0.05) is 12.1 Å². The average molecular weight is 284 g/mol. The van der Waals surface area contributed by atoms with Crippen LogP contribution in [0.3, 0.4) is 0 Å². The molecule has 0 heterocycles. The highest BCUT2D eigenvalue weighted by Crippen LogP contribution is 2.55. The molecule has 3 heteroatoms. The number of nitrogen functional groups attached to an aromatic ring is 1.